The summed E-state index contributed by atoms with van der Waals surface area (Å²) >= 11 is 0. The Morgan fingerprint density at radius 3 is 2.44 bits per heavy atom. The van der Waals surface area contributed by atoms with Gasteiger partial charge in [-0.05, 0) is 43.7 Å². The van der Waals surface area contributed by atoms with Crippen LogP contribution in [0.15, 0.2) is 82.4 Å². The molecule has 5 nitrogen and oxygen atoms in total. The lowest BCUT2D eigenvalue weighted by Crippen LogP contribution is -2.41. The zero-order chi connectivity index (χ0) is 19.1. The van der Waals surface area contributed by atoms with E-state index in [0.717, 1.165) is 11.3 Å². The predicted molar refractivity (Wildman–Crippen MR) is 109 cm³/mol. The van der Waals surface area contributed by atoms with Crippen LogP contribution >= 0.6 is 0 Å². The number of guanidine groups is 1. The maximum atomic E-state index is 10.7. The normalized spacial score (nSPS) is 13.8. The topological polar surface area (TPSA) is 69.8 Å². The molecule has 140 valence electrons. The average Bonchev–Trinajstić information content (AvgIpc) is 3.22. The first-order chi connectivity index (χ1) is 13.0. The molecule has 0 saturated heterocycles. The van der Waals surface area contributed by atoms with E-state index in [9.17, 15) is 5.11 Å². The number of hydrogen-bond acceptors (Lipinski definition) is 3. The van der Waals surface area contributed by atoms with Gasteiger partial charge in [0.1, 0.15) is 11.4 Å². The average molecular weight is 363 g/mol. The van der Waals surface area contributed by atoms with Crippen LogP contribution in [0.4, 0.5) is 5.69 Å². The van der Waals surface area contributed by atoms with Crippen LogP contribution in [0.5, 0.6) is 0 Å². The second-order valence-corrected chi connectivity index (χ2v) is 6.75. The van der Waals surface area contributed by atoms with Crippen LogP contribution in [0.2, 0.25) is 0 Å². The van der Waals surface area contributed by atoms with Crippen molar-refractivity contribution in [3.05, 3.63) is 89.9 Å². The monoisotopic (exact) mass is 363 g/mol. The van der Waals surface area contributed by atoms with Crippen LogP contribution in [0, 0.1) is 6.92 Å². The van der Waals surface area contributed by atoms with Gasteiger partial charge in [-0.15, -0.1) is 0 Å². The smallest absolute Gasteiger partial charge is 0.196 e. The van der Waals surface area contributed by atoms with Crippen molar-refractivity contribution in [1.29, 1.82) is 0 Å². The van der Waals surface area contributed by atoms with E-state index in [0.29, 0.717) is 18.3 Å². The second kappa shape index (κ2) is 8.56. The zero-order valence-corrected chi connectivity index (χ0v) is 15.6. The SMILES string of the molecule is Cc1ccc(CN=C(NCC(C)(O)c2ccco2)Nc2ccccc2)cc1. The molecule has 0 radical (unpaired) electrons. The predicted octanol–water partition coefficient (Wildman–Crippen LogP) is 4.05. The van der Waals surface area contributed by atoms with E-state index in [-0.39, 0.29) is 6.54 Å². The number of anilines is 1. The van der Waals surface area contributed by atoms with E-state index in [1.165, 1.54) is 5.56 Å². The maximum absolute atomic E-state index is 10.7. The van der Waals surface area contributed by atoms with Gasteiger partial charge in [0.05, 0.1) is 19.4 Å². The van der Waals surface area contributed by atoms with Crippen molar-refractivity contribution in [3.63, 3.8) is 0 Å². The fourth-order valence-electron chi connectivity index (χ4n) is 2.59. The molecule has 0 bridgehead atoms. The second-order valence-electron chi connectivity index (χ2n) is 6.75. The fraction of sp³-hybridized carbons (Fsp3) is 0.227. The van der Waals surface area contributed by atoms with Gasteiger partial charge in [-0.3, -0.25) is 0 Å². The molecular weight excluding hydrogens is 338 g/mol. The lowest BCUT2D eigenvalue weighted by atomic mass is 10.0. The van der Waals surface area contributed by atoms with Gasteiger partial charge in [-0.1, -0.05) is 48.0 Å². The van der Waals surface area contributed by atoms with Crippen molar-refractivity contribution >= 4 is 11.6 Å². The Bertz CT molecular complexity index is 854. The molecule has 27 heavy (non-hydrogen) atoms. The number of para-hydroxylation sites is 1. The molecule has 5 heteroatoms. The molecule has 0 aliphatic heterocycles. The summed E-state index contributed by atoms with van der Waals surface area (Å²) in [6, 6.07) is 21.6. The third-order valence-electron chi connectivity index (χ3n) is 4.23. The first-order valence-electron chi connectivity index (χ1n) is 8.95. The molecule has 1 aromatic heterocycles. The lowest BCUT2D eigenvalue weighted by molar-refractivity contribution is 0.0388. The third kappa shape index (κ3) is 5.46. The summed E-state index contributed by atoms with van der Waals surface area (Å²) in [6.45, 7) is 4.56. The summed E-state index contributed by atoms with van der Waals surface area (Å²) in [5.41, 5.74) is 2.11. The Hall–Kier alpha value is -3.05. The molecule has 0 saturated carbocycles. The number of nitrogens with one attached hydrogen (secondary N) is 2. The highest BCUT2D eigenvalue weighted by Crippen LogP contribution is 2.20. The Kier molecular flexibility index (Phi) is 5.94. The van der Waals surface area contributed by atoms with E-state index in [2.05, 4.69) is 46.8 Å². The van der Waals surface area contributed by atoms with Crippen LogP contribution in [-0.2, 0) is 12.1 Å². The summed E-state index contributed by atoms with van der Waals surface area (Å²) in [4.78, 5) is 4.66. The number of hydrogen-bond donors (Lipinski definition) is 3. The number of aliphatic hydroxyl groups is 1. The highest BCUT2D eigenvalue weighted by Gasteiger charge is 2.26. The largest absolute Gasteiger partial charge is 0.466 e. The highest BCUT2D eigenvalue weighted by molar-refractivity contribution is 5.93. The Morgan fingerprint density at radius 2 is 1.78 bits per heavy atom. The molecule has 2 aromatic carbocycles. The number of rotatable bonds is 6. The van der Waals surface area contributed by atoms with Crippen molar-refractivity contribution in [1.82, 2.24) is 5.32 Å². The quantitative estimate of drug-likeness (QED) is 0.456. The summed E-state index contributed by atoms with van der Waals surface area (Å²) in [5, 5.41) is 17.1. The molecular formula is C22H25N3O2. The number of aliphatic imine (C=N–C) groups is 1. The van der Waals surface area contributed by atoms with E-state index in [4.69, 9.17) is 4.42 Å². The van der Waals surface area contributed by atoms with Crippen molar-refractivity contribution < 1.29 is 9.52 Å². The molecule has 3 aromatic rings. The summed E-state index contributed by atoms with van der Waals surface area (Å²) in [6.07, 6.45) is 1.55. The first-order valence-corrected chi connectivity index (χ1v) is 8.95. The van der Waals surface area contributed by atoms with Crippen molar-refractivity contribution in [2.75, 3.05) is 11.9 Å². The minimum Gasteiger partial charge on any atom is -0.466 e. The number of furan rings is 1. The number of aryl methyl sites for hydroxylation is 1. The van der Waals surface area contributed by atoms with Crippen molar-refractivity contribution in [3.8, 4) is 0 Å². The molecule has 1 atom stereocenters. The zero-order valence-electron chi connectivity index (χ0n) is 15.6. The van der Waals surface area contributed by atoms with Crippen LogP contribution in [0.1, 0.15) is 23.8 Å². The number of nitrogens with zero attached hydrogens (tertiary/aromatic N) is 1. The van der Waals surface area contributed by atoms with Gasteiger partial charge in [-0.25, -0.2) is 4.99 Å². The van der Waals surface area contributed by atoms with Gasteiger partial charge in [0.15, 0.2) is 5.96 Å². The molecule has 0 fully saturated rings. The Labute approximate surface area is 159 Å². The summed E-state index contributed by atoms with van der Waals surface area (Å²) < 4.78 is 5.34. The molecule has 1 unspecified atom stereocenters. The first kappa shape index (κ1) is 18.7. The molecule has 3 N–H and O–H groups in total. The van der Waals surface area contributed by atoms with E-state index in [1.807, 2.05) is 30.3 Å². The van der Waals surface area contributed by atoms with Gasteiger partial charge in [-0.2, -0.15) is 0 Å². The number of benzene rings is 2. The summed E-state index contributed by atoms with van der Waals surface area (Å²) in [5.74, 6) is 1.10. The van der Waals surface area contributed by atoms with E-state index in [1.54, 1.807) is 25.3 Å². The van der Waals surface area contributed by atoms with E-state index >= 15 is 0 Å². The van der Waals surface area contributed by atoms with Gasteiger partial charge in [0, 0.05) is 5.69 Å². The molecule has 0 amide bonds. The Morgan fingerprint density at radius 1 is 1.04 bits per heavy atom. The molecule has 0 aliphatic carbocycles. The minimum absolute atomic E-state index is 0.257. The van der Waals surface area contributed by atoms with E-state index < -0.39 is 5.60 Å². The van der Waals surface area contributed by atoms with Gasteiger partial charge in [0.25, 0.3) is 0 Å². The minimum atomic E-state index is -1.15. The van der Waals surface area contributed by atoms with Crippen molar-refractivity contribution in [2.24, 2.45) is 4.99 Å². The lowest BCUT2D eigenvalue weighted by Gasteiger charge is -2.23. The van der Waals surface area contributed by atoms with Gasteiger partial charge < -0.3 is 20.2 Å². The van der Waals surface area contributed by atoms with Crippen LogP contribution in [-0.4, -0.2) is 17.6 Å². The van der Waals surface area contributed by atoms with Gasteiger partial charge in [0.2, 0.25) is 0 Å². The highest BCUT2D eigenvalue weighted by atomic mass is 16.4. The van der Waals surface area contributed by atoms with Crippen LogP contribution in [0.25, 0.3) is 0 Å². The summed E-state index contributed by atoms with van der Waals surface area (Å²) in [7, 11) is 0. The molecule has 0 aliphatic rings. The third-order valence-corrected chi connectivity index (χ3v) is 4.23. The van der Waals surface area contributed by atoms with Gasteiger partial charge >= 0.3 is 0 Å². The fourth-order valence-corrected chi connectivity index (χ4v) is 2.59. The maximum Gasteiger partial charge on any atom is 0.196 e. The standard InChI is InChI=1S/C22H25N3O2/c1-17-10-12-18(13-11-17)15-23-21(25-19-7-4-3-5-8-19)24-16-22(2,26)20-9-6-14-27-20/h3-14,26H,15-16H2,1-2H3,(H2,23,24,25). The molecule has 0 spiro atoms. The van der Waals surface area contributed by atoms with Crippen molar-refractivity contribution in [2.45, 2.75) is 26.0 Å². The molecule has 3 rings (SSSR count). The van der Waals surface area contributed by atoms with Crippen LogP contribution < -0.4 is 10.6 Å². The van der Waals surface area contributed by atoms with Crippen LogP contribution in [0.3, 0.4) is 0 Å². The Balaban J connectivity index is 1.72. The molecule has 1 heterocycles.